The van der Waals surface area contributed by atoms with Crippen molar-refractivity contribution >= 4 is 28.4 Å². The minimum atomic E-state index is -3.30. The van der Waals surface area contributed by atoms with Gasteiger partial charge in [0, 0.05) is 12.8 Å². The number of halogens is 4. The highest BCUT2D eigenvalue weighted by Crippen LogP contribution is 2.24. The molecule has 0 saturated heterocycles. The molecule has 0 fully saturated rings. The van der Waals surface area contributed by atoms with Crippen molar-refractivity contribution in [3.63, 3.8) is 0 Å². The lowest BCUT2D eigenvalue weighted by Gasteiger charge is -2.02. The van der Waals surface area contributed by atoms with Crippen LogP contribution in [-0.4, -0.2) is 10.6 Å². The van der Waals surface area contributed by atoms with Gasteiger partial charge in [-0.25, -0.2) is 0 Å². The van der Waals surface area contributed by atoms with E-state index in [1.54, 1.807) is 0 Å². The minimum Gasteiger partial charge on any atom is -0.281 e. The predicted molar refractivity (Wildman–Crippen MR) is 30.9 cm³/mol. The van der Waals surface area contributed by atoms with Crippen molar-refractivity contribution in [1.82, 2.24) is 0 Å². The topological polar surface area (TPSA) is 17.1 Å². The molecule has 0 N–H and O–H groups in total. The molecule has 0 rings (SSSR count). The molecule has 0 aliphatic rings. The second kappa shape index (κ2) is 3.32. The van der Waals surface area contributed by atoms with E-state index in [0.717, 1.165) is 0 Å². The van der Waals surface area contributed by atoms with E-state index in [1.807, 2.05) is 0 Å². The molecule has 5 heteroatoms. The summed E-state index contributed by atoms with van der Waals surface area (Å²) in [6, 6.07) is 0. The molecule has 54 valence electrons. The third-order valence-electron chi connectivity index (χ3n) is 0.605. The van der Waals surface area contributed by atoms with Gasteiger partial charge in [0.1, 0.15) is 0 Å². The van der Waals surface area contributed by atoms with Gasteiger partial charge in [-0.3, -0.25) is 4.79 Å². The van der Waals surface area contributed by atoms with Gasteiger partial charge < -0.3 is 0 Å². The summed E-state index contributed by atoms with van der Waals surface area (Å²) >= 11 is 9.19. The van der Waals surface area contributed by atoms with Gasteiger partial charge in [0.2, 0.25) is 5.24 Å². The Morgan fingerprint density at radius 2 is 2.00 bits per heavy atom. The average Bonchev–Trinajstić information content (AvgIpc) is 1.59. The van der Waals surface area contributed by atoms with Crippen LogP contribution in [0.5, 0.6) is 0 Å². The van der Waals surface area contributed by atoms with Crippen LogP contribution in [0.1, 0.15) is 12.8 Å². The number of hydrogen-bond donors (Lipinski definition) is 0. The van der Waals surface area contributed by atoms with E-state index in [2.05, 4.69) is 11.6 Å². The van der Waals surface area contributed by atoms with E-state index in [4.69, 9.17) is 11.6 Å². The monoisotopic (exact) mass is 176 g/mol. The van der Waals surface area contributed by atoms with Crippen molar-refractivity contribution in [3.8, 4) is 0 Å². The van der Waals surface area contributed by atoms with E-state index in [1.165, 1.54) is 0 Å². The van der Waals surface area contributed by atoms with Gasteiger partial charge in [-0.05, 0) is 23.2 Å². The second-order valence-corrected chi connectivity index (χ2v) is 2.44. The van der Waals surface area contributed by atoms with E-state index in [-0.39, 0.29) is 0 Å². The van der Waals surface area contributed by atoms with Crippen LogP contribution in [0, 0.1) is 0 Å². The Hall–Kier alpha value is 0.110. The van der Waals surface area contributed by atoms with Crippen LogP contribution in [0.4, 0.5) is 8.78 Å². The van der Waals surface area contributed by atoms with Crippen LogP contribution < -0.4 is 0 Å². The molecular weight excluding hydrogens is 173 g/mol. The maximum atomic E-state index is 11.6. The quantitative estimate of drug-likeness (QED) is 0.477. The van der Waals surface area contributed by atoms with Crippen molar-refractivity contribution in [1.29, 1.82) is 0 Å². The number of carbonyl (C=O) groups excluding carboxylic acids is 1. The van der Waals surface area contributed by atoms with Gasteiger partial charge in [-0.15, -0.1) is 0 Å². The Morgan fingerprint density at radius 3 is 2.11 bits per heavy atom. The normalized spacial score (nSPS) is 11.6. The van der Waals surface area contributed by atoms with Gasteiger partial charge in [0.25, 0.3) is 0 Å². The Balaban J connectivity index is 3.39. The molecule has 0 aromatic rings. The Labute approximate surface area is 60.9 Å². The fraction of sp³-hybridized carbons (Fsp3) is 0.750. The summed E-state index contributed by atoms with van der Waals surface area (Å²) in [6.07, 6.45) is -1.09. The van der Waals surface area contributed by atoms with Crippen LogP contribution >= 0.6 is 23.2 Å². The van der Waals surface area contributed by atoms with Gasteiger partial charge >= 0.3 is 5.38 Å². The second-order valence-electron chi connectivity index (χ2n) is 1.47. The van der Waals surface area contributed by atoms with Crippen LogP contribution in [0.25, 0.3) is 0 Å². The standard InChI is InChI=1S/C4H4Cl2F2O/c5-3(9)1-2-4(6,7)8/h1-2H2. The maximum Gasteiger partial charge on any atom is 0.322 e. The fourth-order valence-corrected chi connectivity index (χ4v) is 0.429. The molecule has 0 atom stereocenters. The van der Waals surface area contributed by atoms with Crippen molar-refractivity contribution in [3.05, 3.63) is 0 Å². The number of alkyl halides is 3. The Bertz CT molecular complexity index is 110. The Morgan fingerprint density at radius 1 is 1.56 bits per heavy atom. The molecule has 0 aliphatic carbocycles. The predicted octanol–water partition coefficient (Wildman–Crippen LogP) is 2.36. The first-order valence-electron chi connectivity index (χ1n) is 2.17. The lowest BCUT2D eigenvalue weighted by molar-refractivity contribution is -0.112. The van der Waals surface area contributed by atoms with Crippen LogP contribution in [-0.2, 0) is 4.79 Å². The zero-order chi connectivity index (χ0) is 7.49. The molecule has 0 bridgehead atoms. The molecule has 0 aliphatic heterocycles. The summed E-state index contributed by atoms with van der Waals surface area (Å²) in [4.78, 5) is 9.86. The van der Waals surface area contributed by atoms with Gasteiger partial charge in [-0.2, -0.15) is 8.78 Å². The molecule has 0 unspecified atom stereocenters. The molecule has 0 radical (unpaired) electrons. The molecule has 0 heterocycles. The number of hydrogen-bond acceptors (Lipinski definition) is 1. The third-order valence-corrected chi connectivity index (χ3v) is 0.983. The molecule has 0 amide bonds. The fourth-order valence-electron chi connectivity index (χ4n) is 0.240. The molecule has 0 spiro atoms. The lowest BCUT2D eigenvalue weighted by atomic mass is 10.3. The minimum absolute atomic E-state index is 0.391. The van der Waals surface area contributed by atoms with E-state index in [9.17, 15) is 13.6 Å². The first kappa shape index (κ1) is 9.11. The van der Waals surface area contributed by atoms with Gasteiger partial charge in [0.05, 0.1) is 0 Å². The summed E-state index contributed by atoms with van der Waals surface area (Å²) in [6.45, 7) is 0. The van der Waals surface area contributed by atoms with Crippen LogP contribution in [0.2, 0.25) is 0 Å². The first-order chi connectivity index (χ1) is 3.92. The number of rotatable bonds is 3. The largest absolute Gasteiger partial charge is 0.322 e. The molecule has 0 saturated carbocycles. The maximum absolute atomic E-state index is 11.6. The van der Waals surface area contributed by atoms with Crippen LogP contribution in [0.15, 0.2) is 0 Å². The van der Waals surface area contributed by atoms with E-state index >= 15 is 0 Å². The van der Waals surface area contributed by atoms with E-state index in [0.29, 0.717) is 0 Å². The summed E-state index contributed by atoms with van der Waals surface area (Å²) < 4.78 is 23.3. The van der Waals surface area contributed by atoms with Crippen molar-refractivity contribution < 1.29 is 13.6 Å². The first-order valence-corrected chi connectivity index (χ1v) is 2.92. The third kappa shape index (κ3) is 8.11. The molecular formula is C4H4Cl2F2O. The highest BCUT2D eigenvalue weighted by atomic mass is 35.5. The number of carbonyl (C=O) groups is 1. The average molecular weight is 177 g/mol. The highest BCUT2D eigenvalue weighted by Gasteiger charge is 2.24. The SMILES string of the molecule is O=C(Cl)CCC(F)(F)Cl. The summed E-state index contributed by atoms with van der Waals surface area (Å²) in [5.41, 5.74) is 0. The van der Waals surface area contributed by atoms with Crippen molar-refractivity contribution in [2.45, 2.75) is 18.2 Å². The molecule has 0 aromatic carbocycles. The molecule has 1 nitrogen and oxygen atoms in total. The summed E-state index contributed by atoms with van der Waals surface area (Å²) in [7, 11) is 0. The zero-order valence-corrected chi connectivity index (χ0v) is 5.85. The Kier molecular flexibility index (Phi) is 3.36. The van der Waals surface area contributed by atoms with Crippen molar-refractivity contribution in [2.75, 3.05) is 0 Å². The highest BCUT2D eigenvalue weighted by molar-refractivity contribution is 6.63. The van der Waals surface area contributed by atoms with Gasteiger partial charge in [0.15, 0.2) is 0 Å². The molecule has 0 aromatic heterocycles. The van der Waals surface area contributed by atoms with Crippen molar-refractivity contribution in [2.24, 2.45) is 0 Å². The lowest BCUT2D eigenvalue weighted by Crippen LogP contribution is -2.06. The summed E-state index contributed by atoms with van der Waals surface area (Å²) in [5, 5.41) is -4.10. The van der Waals surface area contributed by atoms with E-state index < -0.39 is 23.5 Å². The van der Waals surface area contributed by atoms with Gasteiger partial charge in [-0.1, -0.05) is 0 Å². The smallest absolute Gasteiger partial charge is 0.281 e. The summed E-state index contributed by atoms with van der Waals surface area (Å²) in [5.74, 6) is 0. The van der Waals surface area contributed by atoms with Crippen LogP contribution in [0.3, 0.4) is 0 Å². The molecule has 9 heavy (non-hydrogen) atoms. The zero-order valence-electron chi connectivity index (χ0n) is 4.33.